The number of aliphatic carboxylic acids is 1. The Kier molecular flexibility index (Phi) is 19.5. The Morgan fingerprint density at radius 3 is 2.13 bits per heavy atom. The van der Waals surface area contributed by atoms with E-state index in [1.165, 1.54) is 11.8 Å². The smallest absolute Gasteiger partial charge is 0.333 e. The van der Waals surface area contributed by atoms with Gasteiger partial charge in [0.1, 0.15) is 30.3 Å². The zero-order valence-corrected chi connectivity index (χ0v) is 39.2. The van der Waals surface area contributed by atoms with E-state index in [1.54, 1.807) is 16.8 Å². The van der Waals surface area contributed by atoms with Crippen molar-refractivity contribution in [2.75, 3.05) is 19.7 Å². The largest absolute Gasteiger partial charge is 0.481 e. The molecule has 3 aromatic rings. The van der Waals surface area contributed by atoms with Gasteiger partial charge in [-0.3, -0.25) is 48.1 Å². The number of amides is 8. The minimum Gasteiger partial charge on any atom is -0.481 e. The predicted octanol–water partition coefficient (Wildman–Crippen LogP) is 1.58. The number of benzene rings is 2. The number of imide groups is 2. The van der Waals surface area contributed by atoms with Crippen LogP contribution >= 0.6 is 0 Å². The molecule has 1 aliphatic rings. The summed E-state index contributed by atoms with van der Waals surface area (Å²) in [6.45, 7) is 5.45. The summed E-state index contributed by atoms with van der Waals surface area (Å²) in [5.74, 6) is -12.5. The van der Waals surface area contributed by atoms with E-state index in [0.717, 1.165) is 23.8 Å². The van der Waals surface area contributed by atoms with Crippen molar-refractivity contribution in [2.24, 2.45) is 16.9 Å². The lowest BCUT2D eigenvalue weighted by Crippen LogP contribution is -2.60. The van der Waals surface area contributed by atoms with Crippen LogP contribution in [0.1, 0.15) is 96.4 Å². The van der Waals surface area contributed by atoms with Gasteiger partial charge in [0.25, 0.3) is 17.7 Å². The number of carbonyl (C=O) groups is 10. The Morgan fingerprint density at radius 2 is 1.54 bits per heavy atom. The van der Waals surface area contributed by atoms with E-state index in [0.29, 0.717) is 11.3 Å². The fourth-order valence-electron chi connectivity index (χ4n) is 7.78. The van der Waals surface area contributed by atoms with Crippen LogP contribution < -0.4 is 22.1 Å². The molecule has 0 bridgehead atoms. The van der Waals surface area contributed by atoms with Crippen molar-refractivity contribution in [3.63, 3.8) is 0 Å². The number of hydroxylamine groups is 2. The highest BCUT2D eigenvalue weighted by Gasteiger charge is 2.41. The van der Waals surface area contributed by atoms with Gasteiger partial charge >= 0.3 is 11.9 Å². The molecule has 8 N–H and O–H groups in total. The summed E-state index contributed by atoms with van der Waals surface area (Å²) >= 11 is 0. The molecule has 2 heterocycles. The third kappa shape index (κ3) is 15.0. The maximum atomic E-state index is 15.2. The number of hydrogen-bond donors (Lipinski definition) is 6. The number of halogens is 2. The summed E-state index contributed by atoms with van der Waals surface area (Å²) in [5.41, 5.74) is 11.7. The van der Waals surface area contributed by atoms with Gasteiger partial charge in [0.2, 0.25) is 29.5 Å². The number of nitrogens with two attached hydrogens (primary N) is 2. The van der Waals surface area contributed by atoms with Crippen LogP contribution in [0.5, 0.6) is 0 Å². The molecule has 378 valence electrons. The van der Waals surface area contributed by atoms with E-state index in [2.05, 4.69) is 10.6 Å². The van der Waals surface area contributed by atoms with Gasteiger partial charge in [-0.25, -0.2) is 13.6 Å². The summed E-state index contributed by atoms with van der Waals surface area (Å²) in [6, 6.07) is 7.58. The highest BCUT2D eigenvalue weighted by atomic mass is 19.1. The van der Waals surface area contributed by atoms with E-state index in [1.807, 2.05) is 51.1 Å². The molecule has 4 atom stereocenters. The maximum absolute atomic E-state index is 15.2. The third-order valence-corrected chi connectivity index (χ3v) is 11.0. The number of carbonyl (C=O) groups excluding carboxylic acids is 9. The minimum atomic E-state index is -2.16. The molecule has 21 nitrogen and oxygen atoms in total. The molecular formula is C47H58F2N8O13. The summed E-state index contributed by atoms with van der Waals surface area (Å²) in [5, 5.41) is 25.1. The zero-order chi connectivity index (χ0) is 52.0. The van der Waals surface area contributed by atoms with Crippen molar-refractivity contribution in [3.05, 3.63) is 83.7 Å². The molecule has 0 saturated carbocycles. The van der Waals surface area contributed by atoms with Gasteiger partial charge < -0.3 is 46.6 Å². The second kappa shape index (κ2) is 24.8. The van der Waals surface area contributed by atoms with Crippen LogP contribution in [0, 0.1) is 17.0 Å². The number of aliphatic hydroxyl groups is 1. The first-order chi connectivity index (χ1) is 32.9. The van der Waals surface area contributed by atoms with E-state index in [9.17, 15) is 62.5 Å². The van der Waals surface area contributed by atoms with Gasteiger partial charge in [0.05, 0.1) is 24.9 Å². The van der Waals surface area contributed by atoms with E-state index in [4.69, 9.17) is 16.3 Å². The summed E-state index contributed by atoms with van der Waals surface area (Å²) < 4.78 is 31.5. The summed E-state index contributed by atoms with van der Waals surface area (Å²) in [6.07, 6.45) is -2.76. The van der Waals surface area contributed by atoms with Crippen molar-refractivity contribution >= 4 is 59.2 Å². The molecule has 0 radical (unpaired) electrons. The van der Waals surface area contributed by atoms with E-state index < -0.39 is 139 Å². The molecule has 1 saturated heterocycles. The molecule has 0 unspecified atom stereocenters. The Labute approximate surface area is 401 Å². The Hall–Kier alpha value is -7.40. The minimum absolute atomic E-state index is 0.0435. The lowest BCUT2D eigenvalue weighted by molar-refractivity contribution is -0.197. The number of carboxylic acid groups (broad SMARTS) is 1. The fourth-order valence-corrected chi connectivity index (χ4v) is 7.78. The number of rotatable bonds is 24. The molecule has 1 aromatic heterocycles. The second-order valence-corrected chi connectivity index (χ2v) is 17.7. The van der Waals surface area contributed by atoms with Crippen molar-refractivity contribution in [1.82, 2.24) is 30.1 Å². The van der Waals surface area contributed by atoms with Crippen molar-refractivity contribution in [1.29, 1.82) is 0 Å². The van der Waals surface area contributed by atoms with Crippen molar-refractivity contribution < 1.29 is 71.8 Å². The van der Waals surface area contributed by atoms with Gasteiger partial charge in [-0.2, -0.15) is 0 Å². The monoisotopic (exact) mass is 980 g/mol. The van der Waals surface area contributed by atoms with Gasteiger partial charge in [-0.15, -0.1) is 5.06 Å². The first kappa shape index (κ1) is 55.2. The van der Waals surface area contributed by atoms with Crippen LogP contribution in [0.25, 0.3) is 11.1 Å². The Balaban J connectivity index is 1.65. The van der Waals surface area contributed by atoms with Crippen LogP contribution in [0.15, 0.2) is 60.8 Å². The molecule has 1 aliphatic heterocycles. The average Bonchev–Trinajstić information content (AvgIpc) is 3.83. The number of hydrogen-bond acceptors (Lipinski definition) is 13. The molecule has 70 heavy (non-hydrogen) atoms. The lowest BCUT2D eigenvalue weighted by Gasteiger charge is -2.41. The van der Waals surface area contributed by atoms with Crippen molar-refractivity contribution in [3.8, 4) is 11.1 Å². The van der Waals surface area contributed by atoms with Gasteiger partial charge in [0, 0.05) is 68.3 Å². The van der Waals surface area contributed by atoms with Crippen LogP contribution in [0.4, 0.5) is 8.78 Å². The normalized spacial score (nSPS) is 14.3. The number of primary amides is 1. The molecule has 8 amide bonds. The zero-order valence-electron chi connectivity index (χ0n) is 39.2. The Morgan fingerprint density at radius 1 is 0.886 bits per heavy atom. The van der Waals surface area contributed by atoms with Crippen molar-refractivity contribution in [2.45, 2.75) is 110 Å². The van der Waals surface area contributed by atoms with Gasteiger partial charge in [0.15, 0.2) is 0 Å². The van der Waals surface area contributed by atoms with Crippen LogP contribution in [-0.2, 0) is 59.3 Å². The molecule has 2 aromatic carbocycles. The maximum Gasteiger partial charge on any atom is 0.333 e. The van der Waals surface area contributed by atoms with E-state index >= 15 is 4.39 Å². The first-order valence-corrected chi connectivity index (χ1v) is 22.3. The second-order valence-electron chi connectivity index (χ2n) is 17.7. The fraction of sp³-hybridized carbons (Fsp3) is 0.447. The summed E-state index contributed by atoms with van der Waals surface area (Å²) in [7, 11) is 0. The number of nitrogens with one attached hydrogen (secondary N) is 2. The molecule has 0 spiro atoms. The summed E-state index contributed by atoms with van der Waals surface area (Å²) in [4.78, 5) is 136. The topological polar surface area (TPSA) is 311 Å². The number of nitrogens with zero attached hydrogens (tertiary/aromatic N) is 4. The van der Waals surface area contributed by atoms with E-state index in [-0.39, 0.29) is 54.4 Å². The highest BCUT2D eigenvalue weighted by molar-refractivity contribution is 6.05. The molecular weight excluding hydrogens is 923 g/mol. The highest BCUT2D eigenvalue weighted by Crippen LogP contribution is 2.41. The lowest BCUT2D eigenvalue weighted by atomic mass is 9.83. The third-order valence-electron chi connectivity index (χ3n) is 11.0. The van der Waals surface area contributed by atoms with Gasteiger partial charge in [-0.05, 0) is 55.0 Å². The Bertz CT molecular complexity index is 2440. The standard InChI is InChI=1S/C47H58F2N8O13/c1-27(50)44(67)53-33(22-36(51)59)46(69)56(37(60)12-8-13-42(66)70-57-38(61)16-17-39(57)62)35(23-41(64)65)45(68)52-18-9-19-55(40(63)26-58)43(47(2,3)4)34-20-29(31-21-30(48)14-15-32(31)49)25-54(34)24-28-10-6-5-7-11-28/h5-7,10-11,14-15,20-21,25,27,33,35,43,58H,8-9,12-13,16-19,22-24,26,50H2,1-4H3,(H2,51,59)(H,52,68)(H,53,67)(H,64,65)/t27-,33+,35-,43-/m0/s1. The number of aliphatic hydroxyl groups excluding tert-OH is 1. The predicted molar refractivity (Wildman–Crippen MR) is 242 cm³/mol. The molecule has 23 heteroatoms. The number of carboxylic acids is 1. The average molecular weight is 981 g/mol. The number of aromatic nitrogens is 1. The molecule has 0 aliphatic carbocycles. The molecule has 4 rings (SSSR count). The SMILES string of the molecule is C[C@H](N)C(=O)N[C@H](CC(N)=O)C(=O)N(C(=O)CCCC(=O)ON1C(=O)CCC1=O)[C@@H](CC(=O)O)C(=O)NCCCN(C(=O)CO)[C@@H](c1cc(-c2cc(F)ccc2F)cn1Cc1ccccc1)C(C)(C)C. The quantitative estimate of drug-likeness (QED) is 0.0549. The molecule has 1 fully saturated rings. The first-order valence-electron chi connectivity index (χ1n) is 22.3. The van der Waals surface area contributed by atoms with Crippen LogP contribution in [0.2, 0.25) is 0 Å². The van der Waals surface area contributed by atoms with Gasteiger partial charge in [-0.1, -0.05) is 51.1 Å². The van der Waals surface area contributed by atoms with Crippen LogP contribution in [0.3, 0.4) is 0 Å². The van der Waals surface area contributed by atoms with Crippen LogP contribution in [-0.4, -0.2) is 127 Å².